The third-order valence-corrected chi connectivity index (χ3v) is 4.10. The van der Waals surface area contributed by atoms with Crippen molar-refractivity contribution in [2.45, 2.75) is 4.90 Å². The number of sulfone groups is 1. The van der Waals surface area contributed by atoms with Crippen LogP contribution in [0.4, 0.5) is 11.5 Å². The van der Waals surface area contributed by atoms with Crippen molar-refractivity contribution in [3.05, 3.63) is 35.9 Å². The molecule has 108 valence electrons. The Balaban J connectivity index is 1.97. The van der Waals surface area contributed by atoms with Gasteiger partial charge >= 0.3 is 0 Å². The van der Waals surface area contributed by atoms with Crippen molar-refractivity contribution in [3.63, 3.8) is 0 Å². The van der Waals surface area contributed by atoms with Crippen LogP contribution in [-0.2, 0) is 9.84 Å². The van der Waals surface area contributed by atoms with Crippen LogP contribution in [0.5, 0.6) is 0 Å². The highest BCUT2D eigenvalue weighted by Crippen LogP contribution is 2.23. The second kappa shape index (κ2) is 4.97. The maximum absolute atomic E-state index is 11.4. The number of halogens is 1. The maximum atomic E-state index is 11.4. The first-order valence-electron chi connectivity index (χ1n) is 5.87. The minimum Gasteiger partial charge on any atom is -0.340 e. The molecule has 3 aromatic rings. The zero-order chi connectivity index (χ0) is 15.0. The lowest BCUT2D eigenvalue weighted by atomic mass is 10.3. The Morgan fingerprint density at radius 3 is 2.57 bits per heavy atom. The number of nitrogens with one attached hydrogen (secondary N) is 2. The van der Waals surface area contributed by atoms with Crippen molar-refractivity contribution in [2.24, 2.45) is 0 Å². The quantitative estimate of drug-likeness (QED) is 0.716. The number of imidazole rings is 1. The fourth-order valence-corrected chi connectivity index (χ4v) is 2.61. The number of fused-ring (bicyclic) bond motifs is 1. The van der Waals surface area contributed by atoms with Crippen LogP contribution in [-0.4, -0.2) is 34.6 Å². The molecule has 7 nitrogen and oxygen atoms in total. The molecule has 2 N–H and O–H groups in total. The van der Waals surface area contributed by atoms with Gasteiger partial charge in [-0.15, -0.1) is 0 Å². The smallest absolute Gasteiger partial charge is 0.226 e. The molecule has 0 atom stereocenters. The number of anilines is 2. The zero-order valence-corrected chi connectivity index (χ0v) is 12.4. The first-order valence-corrected chi connectivity index (χ1v) is 8.14. The first-order chi connectivity index (χ1) is 9.93. The first kappa shape index (κ1) is 13.8. The Morgan fingerprint density at radius 1 is 1.19 bits per heavy atom. The van der Waals surface area contributed by atoms with Gasteiger partial charge in [0.05, 0.1) is 11.2 Å². The summed E-state index contributed by atoms with van der Waals surface area (Å²) in [6.07, 6.45) is 2.65. The fraction of sp³-hybridized carbons (Fsp3) is 0.0833. The number of nitrogens with zero attached hydrogens (tertiary/aromatic N) is 3. The third-order valence-electron chi connectivity index (χ3n) is 2.80. The van der Waals surface area contributed by atoms with E-state index in [4.69, 9.17) is 11.6 Å². The number of benzene rings is 1. The molecule has 1 aromatic carbocycles. The summed E-state index contributed by atoms with van der Waals surface area (Å²) in [5, 5.41) is 3.12. The van der Waals surface area contributed by atoms with Gasteiger partial charge in [-0.05, 0) is 35.9 Å². The monoisotopic (exact) mass is 323 g/mol. The normalized spacial score (nSPS) is 11.7. The topological polar surface area (TPSA) is 101 Å². The van der Waals surface area contributed by atoms with E-state index in [0.717, 1.165) is 6.26 Å². The summed E-state index contributed by atoms with van der Waals surface area (Å²) in [4.78, 5) is 15.3. The van der Waals surface area contributed by atoms with Crippen molar-refractivity contribution in [1.29, 1.82) is 0 Å². The van der Waals surface area contributed by atoms with Crippen LogP contribution in [0.25, 0.3) is 11.2 Å². The van der Waals surface area contributed by atoms with Gasteiger partial charge < -0.3 is 10.3 Å². The average molecular weight is 324 g/mol. The van der Waals surface area contributed by atoms with Gasteiger partial charge in [0, 0.05) is 11.9 Å². The van der Waals surface area contributed by atoms with Crippen LogP contribution in [0.3, 0.4) is 0 Å². The molecule has 0 aliphatic carbocycles. The molecule has 0 bridgehead atoms. The highest BCUT2D eigenvalue weighted by molar-refractivity contribution is 7.90. The third kappa shape index (κ3) is 2.81. The molecule has 0 fully saturated rings. The van der Waals surface area contributed by atoms with Crippen molar-refractivity contribution in [3.8, 4) is 0 Å². The van der Waals surface area contributed by atoms with E-state index in [-0.39, 0.29) is 10.2 Å². The van der Waals surface area contributed by atoms with E-state index in [1.807, 2.05) is 0 Å². The van der Waals surface area contributed by atoms with Gasteiger partial charge in [-0.3, -0.25) is 0 Å². The largest absolute Gasteiger partial charge is 0.340 e. The molecule has 0 spiro atoms. The van der Waals surface area contributed by atoms with E-state index in [9.17, 15) is 8.42 Å². The second-order valence-corrected chi connectivity index (χ2v) is 6.72. The lowest BCUT2D eigenvalue weighted by molar-refractivity contribution is 0.602. The standard InChI is InChI=1S/C12H10ClN5O2S/c1-21(19,20)8-4-2-7(3-5-8)16-11-9-10(15-6-14-9)17-12(13)18-11/h2-6H,1H3,(H2,14,15,16,17,18). The SMILES string of the molecule is CS(=O)(=O)c1ccc(Nc2nc(Cl)nc3nc[nH]c23)cc1. The van der Waals surface area contributed by atoms with E-state index in [0.29, 0.717) is 22.7 Å². The predicted octanol–water partition coefficient (Wildman–Crippen LogP) is 2.15. The van der Waals surface area contributed by atoms with Crippen molar-refractivity contribution in [2.75, 3.05) is 11.6 Å². The van der Waals surface area contributed by atoms with Crippen molar-refractivity contribution in [1.82, 2.24) is 19.9 Å². The van der Waals surface area contributed by atoms with Gasteiger partial charge in [0.1, 0.15) is 5.52 Å². The number of hydrogen-bond donors (Lipinski definition) is 2. The number of hydrogen-bond acceptors (Lipinski definition) is 6. The molecule has 0 aliphatic rings. The maximum Gasteiger partial charge on any atom is 0.226 e. The summed E-state index contributed by atoms with van der Waals surface area (Å²) >= 11 is 5.84. The van der Waals surface area contributed by atoms with E-state index in [1.54, 1.807) is 12.1 Å². The zero-order valence-electron chi connectivity index (χ0n) is 10.8. The molecule has 2 heterocycles. The number of aromatic nitrogens is 4. The van der Waals surface area contributed by atoms with Gasteiger partial charge in [0.2, 0.25) is 5.28 Å². The Labute approximate surface area is 125 Å². The molecule has 0 unspecified atom stereocenters. The van der Waals surface area contributed by atoms with E-state index < -0.39 is 9.84 Å². The molecule has 21 heavy (non-hydrogen) atoms. The molecule has 0 radical (unpaired) electrons. The minimum absolute atomic E-state index is 0.0739. The Morgan fingerprint density at radius 2 is 1.90 bits per heavy atom. The van der Waals surface area contributed by atoms with Gasteiger partial charge in [-0.25, -0.2) is 13.4 Å². The fourth-order valence-electron chi connectivity index (χ4n) is 1.82. The molecular weight excluding hydrogens is 314 g/mol. The predicted molar refractivity (Wildman–Crippen MR) is 79.5 cm³/mol. The van der Waals surface area contributed by atoms with Crippen molar-refractivity contribution < 1.29 is 8.42 Å². The van der Waals surface area contributed by atoms with Gasteiger partial charge in [0.25, 0.3) is 0 Å². The molecule has 0 aliphatic heterocycles. The molecule has 2 aromatic heterocycles. The minimum atomic E-state index is -3.22. The lowest BCUT2D eigenvalue weighted by Gasteiger charge is -2.07. The summed E-state index contributed by atoms with van der Waals surface area (Å²) in [5.41, 5.74) is 1.74. The van der Waals surface area contributed by atoms with E-state index in [2.05, 4.69) is 25.3 Å². The van der Waals surface area contributed by atoms with E-state index in [1.165, 1.54) is 18.5 Å². The van der Waals surface area contributed by atoms with Crippen LogP contribution in [0.1, 0.15) is 0 Å². The Kier molecular flexibility index (Phi) is 3.26. The summed E-state index contributed by atoms with van der Waals surface area (Å²) < 4.78 is 22.8. The second-order valence-electron chi connectivity index (χ2n) is 4.36. The molecule has 3 rings (SSSR count). The average Bonchev–Trinajstić information content (AvgIpc) is 2.86. The van der Waals surface area contributed by atoms with E-state index >= 15 is 0 Å². The number of rotatable bonds is 3. The molecule has 0 saturated heterocycles. The summed E-state index contributed by atoms with van der Waals surface area (Å²) in [5.74, 6) is 0.467. The van der Waals surface area contributed by atoms with Crippen LogP contribution < -0.4 is 5.32 Å². The molecular formula is C12H10ClN5O2S. The highest BCUT2D eigenvalue weighted by atomic mass is 35.5. The van der Waals surface area contributed by atoms with Crippen LogP contribution in [0.15, 0.2) is 35.5 Å². The lowest BCUT2D eigenvalue weighted by Crippen LogP contribution is -1.99. The highest BCUT2D eigenvalue weighted by Gasteiger charge is 2.10. The summed E-state index contributed by atoms with van der Waals surface area (Å²) in [6, 6.07) is 6.33. The van der Waals surface area contributed by atoms with Gasteiger partial charge in [-0.2, -0.15) is 9.97 Å². The van der Waals surface area contributed by atoms with Gasteiger partial charge in [-0.1, -0.05) is 0 Å². The Hall–Kier alpha value is -2.19. The van der Waals surface area contributed by atoms with Crippen molar-refractivity contribution >= 4 is 44.1 Å². The number of H-pyrrole nitrogens is 1. The molecule has 9 heteroatoms. The Bertz CT molecular complexity index is 905. The van der Waals surface area contributed by atoms with Crippen LogP contribution in [0.2, 0.25) is 5.28 Å². The van der Waals surface area contributed by atoms with Crippen LogP contribution >= 0.6 is 11.6 Å². The molecule has 0 saturated carbocycles. The van der Waals surface area contributed by atoms with Crippen LogP contribution in [0, 0.1) is 0 Å². The number of aromatic amines is 1. The molecule has 0 amide bonds. The summed E-state index contributed by atoms with van der Waals surface area (Å²) in [7, 11) is -3.22. The van der Waals surface area contributed by atoms with Gasteiger partial charge in [0.15, 0.2) is 21.3 Å². The summed E-state index contributed by atoms with van der Waals surface area (Å²) in [6.45, 7) is 0.